The third-order valence-corrected chi connectivity index (χ3v) is 7.41. The number of carbonyl (C=O) groups excluding carboxylic acids is 5. The van der Waals surface area contributed by atoms with Gasteiger partial charge in [0, 0.05) is 32.9 Å². The smallest absolute Gasteiger partial charge is 0.289 e. The Balaban J connectivity index is 1.88. The second kappa shape index (κ2) is 17.5. The van der Waals surface area contributed by atoms with Crippen molar-refractivity contribution in [2.75, 3.05) is 6.54 Å². The van der Waals surface area contributed by atoms with E-state index in [2.05, 4.69) is 16.0 Å². The molecule has 0 aliphatic heterocycles. The third kappa shape index (κ3) is 11.3. The van der Waals surface area contributed by atoms with Crippen LogP contribution in [-0.2, 0) is 43.4 Å². The van der Waals surface area contributed by atoms with Crippen LogP contribution in [-0.4, -0.2) is 59.0 Å². The van der Waals surface area contributed by atoms with E-state index in [4.69, 9.17) is 0 Å². The molecule has 2 unspecified atom stereocenters. The van der Waals surface area contributed by atoms with Crippen molar-refractivity contribution in [1.29, 1.82) is 0 Å². The standard InChI is InChI=1S/C36H44N4O5/c1-25(2)20-21-40(36(45)31(39-27(4)41)22-28-14-8-5-9-15-28)32(23-29-16-10-6-11-17-29)34(43)38-26(3)33(42)35(44)37-24-30-18-12-7-13-19-30/h5-19,25-26,31-32H,20-24H2,1-4H3,(H,37,44)(H,38,43)(H,39,41)/t26?,31-,32?/m0/s1. The molecular formula is C36H44N4O5. The minimum atomic E-state index is -1.14. The lowest BCUT2D eigenvalue weighted by atomic mass is 9.98. The second-order valence-corrected chi connectivity index (χ2v) is 11.6. The Morgan fingerprint density at radius 2 is 1.20 bits per heavy atom. The summed E-state index contributed by atoms with van der Waals surface area (Å²) in [6, 6.07) is 24.8. The van der Waals surface area contributed by atoms with E-state index >= 15 is 0 Å². The summed E-state index contributed by atoms with van der Waals surface area (Å²) in [5.41, 5.74) is 2.51. The van der Waals surface area contributed by atoms with Crippen LogP contribution in [0.5, 0.6) is 0 Å². The fourth-order valence-electron chi connectivity index (χ4n) is 4.93. The van der Waals surface area contributed by atoms with E-state index in [1.807, 2.05) is 105 Å². The summed E-state index contributed by atoms with van der Waals surface area (Å²) < 4.78 is 0. The fraction of sp³-hybridized carbons (Fsp3) is 0.361. The molecular weight excluding hydrogens is 568 g/mol. The van der Waals surface area contributed by atoms with Crippen LogP contribution in [0.25, 0.3) is 0 Å². The maximum atomic E-state index is 14.3. The van der Waals surface area contributed by atoms with Crippen LogP contribution in [0.2, 0.25) is 0 Å². The zero-order valence-electron chi connectivity index (χ0n) is 26.5. The predicted octanol–water partition coefficient (Wildman–Crippen LogP) is 3.61. The highest BCUT2D eigenvalue weighted by atomic mass is 16.2. The van der Waals surface area contributed by atoms with Gasteiger partial charge < -0.3 is 20.9 Å². The zero-order valence-corrected chi connectivity index (χ0v) is 26.5. The molecule has 0 fully saturated rings. The lowest BCUT2D eigenvalue weighted by molar-refractivity contribution is -0.144. The first kappa shape index (κ1) is 34.7. The molecule has 0 radical (unpaired) electrons. The molecule has 9 nitrogen and oxygen atoms in total. The van der Waals surface area contributed by atoms with Gasteiger partial charge in [0.25, 0.3) is 5.91 Å². The molecule has 238 valence electrons. The Morgan fingerprint density at radius 1 is 0.689 bits per heavy atom. The molecule has 3 rings (SSSR count). The third-order valence-electron chi connectivity index (χ3n) is 7.41. The Labute approximate surface area is 265 Å². The monoisotopic (exact) mass is 612 g/mol. The predicted molar refractivity (Wildman–Crippen MR) is 174 cm³/mol. The van der Waals surface area contributed by atoms with Crippen molar-refractivity contribution in [3.05, 3.63) is 108 Å². The van der Waals surface area contributed by atoms with Gasteiger partial charge >= 0.3 is 0 Å². The van der Waals surface area contributed by atoms with E-state index in [0.717, 1.165) is 16.7 Å². The summed E-state index contributed by atoms with van der Waals surface area (Å²) in [5, 5.41) is 8.09. The van der Waals surface area contributed by atoms with E-state index in [1.165, 1.54) is 18.7 Å². The summed E-state index contributed by atoms with van der Waals surface area (Å²) in [6.07, 6.45) is 1.03. The topological polar surface area (TPSA) is 125 Å². The molecule has 0 spiro atoms. The van der Waals surface area contributed by atoms with Crippen LogP contribution in [0.1, 0.15) is 50.8 Å². The number of Topliss-reactive ketones (excluding diaryl/α,β-unsaturated/α-hetero) is 1. The average Bonchev–Trinajstić information content (AvgIpc) is 3.03. The van der Waals surface area contributed by atoms with Gasteiger partial charge in [0.15, 0.2) is 0 Å². The first-order chi connectivity index (χ1) is 21.5. The van der Waals surface area contributed by atoms with E-state index in [0.29, 0.717) is 6.42 Å². The Morgan fingerprint density at radius 3 is 1.71 bits per heavy atom. The molecule has 4 amide bonds. The molecule has 0 saturated heterocycles. The number of hydrogen-bond acceptors (Lipinski definition) is 5. The number of benzene rings is 3. The molecule has 3 N–H and O–H groups in total. The first-order valence-electron chi connectivity index (χ1n) is 15.4. The molecule has 3 atom stereocenters. The first-order valence-corrected chi connectivity index (χ1v) is 15.4. The number of carbonyl (C=O) groups is 5. The minimum absolute atomic E-state index is 0.173. The SMILES string of the molecule is CC(=O)N[C@@H](Cc1ccccc1)C(=O)N(CCC(C)C)C(Cc1ccccc1)C(=O)NC(C)C(=O)C(=O)NCc1ccccc1. The Bertz CT molecular complexity index is 1410. The van der Waals surface area contributed by atoms with Gasteiger partial charge in [0.2, 0.25) is 23.5 Å². The van der Waals surface area contributed by atoms with Crippen molar-refractivity contribution in [1.82, 2.24) is 20.9 Å². The number of rotatable bonds is 16. The van der Waals surface area contributed by atoms with Crippen molar-refractivity contribution >= 4 is 29.4 Å². The van der Waals surface area contributed by atoms with Crippen LogP contribution in [0.3, 0.4) is 0 Å². The molecule has 3 aromatic rings. The maximum absolute atomic E-state index is 14.3. The number of amides is 4. The summed E-state index contributed by atoms with van der Waals surface area (Å²) in [4.78, 5) is 67.6. The summed E-state index contributed by atoms with van der Waals surface area (Å²) in [6.45, 7) is 7.29. The van der Waals surface area contributed by atoms with Crippen LogP contribution in [0.15, 0.2) is 91.0 Å². The Kier molecular flexibility index (Phi) is 13.5. The highest BCUT2D eigenvalue weighted by Gasteiger charge is 2.36. The van der Waals surface area contributed by atoms with Crippen LogP contribution in [0, 0.1) is 5.92 Å². The number of nitrogens with zero attached hydrogens (tertiary/aromatic N) is 1. The van der Waals surface area contributed by atoms with Gasteiger partial charge in [-0.25, -0.2) is 0 Å². The molecule has 0 aliphatic carbocycles. The van der Waals surface area contributed by atoms with E-state index in [9.17, 15) is 24.0 Å². The van der Waals surface area contributed by atoms with Crippen LogP contribution in [0.4, 0.5) is 0 Å². The molecule has 3 aromatic carbocycles. The molecule has 0 heterocycles. The highest BCUT2D eigenvalue weighted by molar-refractivity contribution is 6.38. The number of ketones is 1. The lowest BCUT2D eigenvalue weighted by Crippen LogP contribution is -2.59. The van der Waals surface area contributed by atoms with Gasteiger partial charge in [0.05, 0.1) is 6.04 Å². The van der Waals surface area contributed by atoms with E-state index in [1.54, 1.807) is 0 Å². The molecule has 0 aromatic heterocycles. The van der Waals surface area contributed by atoms with Gasteiger partial charge in [-0.2, -0.15) is 0 Å². The molecule has 0 saturated carbocycles. The van der Waals surface area contributed by atoms with Crippen molar-refractivity contribution in [3.63, 3.8) is 0 Å². The van der Waals surface area contributed by atoms with Crippen molar-refractivity contribution < 1.29 is 24.0 Å². The second-order valence-electron chi connectivity index (χ2n) is 11.6. The van der Waals surface area contributed by atoms with Crippen LogP contribution < -0.4 is 16.0 Å². The average molecular weight is 613 g/mol. The lowest BCUT2D eigenvalue weighted by Gasteiger charge is -2.35. The maximum Gasteiger partial charge on any atom is 0.289 e. The number of nitrogens with one attached hydrogen (secondary N) is 3. The van der Waals surface area contributed by atoms with Gasteiger partial charge in [-0.3, -0.25) is 24.0 Å². The molecule has 9 heteroatoms. The summed E-state index contributed by atoms with van der Waals surface area (Å²) >= 11 is 0. The van der Waals surface area contributed by atoms with Gasteiger partial charge in [-0.1, -0.05) is 105 Å². The highest BCUT2D eigenvalue weighted by Crippen LogP contribution is 2.17. The largest absolute Gasteiger partial charge is 0.345 e. The van der Waals surface area contributed by atoms with Crippen molar-refractivity contribution in [3.8, 4) is 0 Å². The van der Waals surface area contributed by atoms with E-state index in [-0.39, 0.29) is 37.8 Å². The van der Waals surface area contributed by atoms with Gasteiger partial charge in [0.1, 0.15) is 12.1 Å². The summed E-state index contributed by atoms with van der Waals surface area (Å²) in [7, 11) is 0. The minimum Gasteiger partial charge on any atom is -0.345 e. The molecule has 0 aliphatic rings. The quantitative estimate of drug-likeness (QED) is 0.213. The van der Waals surface area contributed by atoms with Gasteiger partial charge in [-0.15, -0.1) is 0 Å². The zero-order chi connectivity index (χ0) is 32.8. The summed E-state index contributed by atoms with van der Waals surface area (Å²) in [5.74, 6) is -2.70. The van der Waals surface area contributed by atoms with Crippen LogP contribution >= 0.6 is 0 Å². The fourth-order valence-corrected chi connectivity index (χ4v) is 4.93. The van der Waals surface area contributed by atoms with E-state index < -0.39 is 41.6 Å². The number of hydrogen-bond donors (Lipinski definition) is 3. The van der Waals surface area contributed by atoms with Gasteiger partial charge in [-0.05, 0) is 36.0 Å². The Hall–Kier alpha value is -4.79. The normalized spacial score (nSPS) is 12.8. The van der Waals surface area contributed by atoms with Crippen molar-refractivity contribution in [2.45, 2.75) is 71.6 Å². The van der Waals surface area contributed by atoms with Crippen molar-refractivity contribution in [2.24, 2.45) is 5.92 Å². The molecule has 45 heavy (non-hydrogen) atoms. The molecule has 0 bridgehead atoms.